The van der Waals surface area contributed by atoms with Crippen LogP contribution in [-0.4, -0.2) is 41.0 Å². The molecule has 136 valence electrons. The van der Waals surface area contributed by atoms with Gasteiger partial charge in [-0.1, -0.05) is 0 Å². The number of likely N-dealkylation sites (tertiary alicyclic amines) is 1. The number of hydrogen-bond acceptors (Lipinski definition) is 6. The van der Waals surface area contributed by atoms with Gasteiger partial charge in [0.2, 0.25) is 12.7 Å². The van der Waals surface area contributed by atoms with Gasteiger partial charge >= 0.3 is 0 Å². The smallest absolute Gasteiger partial charge is 0.256 e. The highest BCUT2D eigenvalue weighted by Crippen LogP contribution is 2.34. The summed E-state index contributed by atoms with van der Waals surface area (Å²) in [6.45, 7) is 3.20. The highest BCUT2D eigenvalue weighted by molar-refractivity contribution is 7.03. The molecule has 1 aromatic heterocycles. The molecule has 0 radical (unpaired) electrons. The average Bonchev–Trinajstić information content (AvgIpc) is 3.29. The number of aromatic nitrogens is 1. The van der Waals surface area contributed by atoms with Crippen LogP contribution in [0.25, 0.3) is 0 Å². The number of rotatable bonds is 3. The second-order valence-corrected chi connectivity index (χ2v) is 7.07. The van der Waals surface area contributed by atoms with Crippen LogP contribution in [0.2, 0.25) is 0 Å². The average molecular weight is 373 g/mol. The molecule has 1 N–H and O–H groups in total. The summed E-state index contributed by atoms with van der Waals surface area (Å²) in [6.07, 6.45) is 1.30. The first kappa shape index (κ1) is 16.8. The Bertz CT molecular complexity index is 843. The van der Waals surface area contributed by atoms with E-state index in [0.29, 0.717) is 48.7 Å². The largest absolute Gasteiger partial charge is 0.454 e. The zero-order chi connectivity index (χ0) is 18.1. The van der Waals surface area contributed by atoms with Gasteiger partial charge in [-0.15, -0.1) is 0 Å². The van der Waals surface area contributed by atoms with Gasteiger partial charge in [0.1, 0.15) is 0 Å². The maximum Gasteiger partial charge on any atom is 0.256 e. The molecule has 1 fully saturated rings. The molecule has 8 heteroatoms. The maximum atomic E-state index is 12.5. The summed E-state index contributed by atoms with van der Waals surface area (Å²) < 4.78 is 14.8. The standard InChI is InChI=1S/C18H19N3O4S/c1-11-14(9-26-20-11)18(23)21-6-4-12(5-7-21)17(22)19-13-2-3-15-16(8-13)25-10-24-15/h2-3,8-9,12H,4-7,10H2,1H3,(H,19,22). The fourth-order valence-electron chi connectivity index (χ4n) is 3.23. The van der Waals surface area contributed by atoms with Crippen molar-refractivity contribution in [1.29, 1.82) is 0 Å². The number of ether oxygens (including phenoxy) is 2. The van der Waals surface area contributed by atoms with E-state index in [4.69, 9.17) is 9.47 Å². The van der Waals surface area contributed by atoms with Crippen LogP contribution in [0.3, 0.4) is 0 Å². The molecule has 0 atom stereocenters. The molecule has 0 spiro atoms. The molecule has 0 saturated carbocycles. The topological polar surface area (TPSA) is 80.8 Å². The molecule has 1 saturated heterocycles. The Morgan fingerprint density at radius 1 is 1.23 bits per heavy atom. The van der Waals surface area contributed by atoms with Crippen molar-refractivity contribution in [1.82, 2.24) is 9.27 Å². The van der Waals surface area contributed by atoms with Crippen molar-refractivity contribution in [3.63, 3.8) is 0 Å². The lowest BCUT2D eigenvalue weighted by Gasteiger charge is -2.31. The normalized spacial score (nSPS) is 16.6. The molecule has 1 aromatic carbocycles. The second kappa shape index (κ2) is 6.95. The van der Waals surface area contributed by atoms with E-state index in [1.54, 1.807) is 28.5 Å². The van der Waals surface area contributed by atoms with E-state index in [9.17, 15) is 9.59 Å². The van der Waals surface area contributed by atoms with E-state index in [-0.39, 0.29) is 24.5 Å². The summed E-state index contributed by atoms with van der Waals surface area (Å²) in [5, 5.41) is 4.72. The third-order valence-corrected chi connectivity index (χ3v) is 5.49. The second-order valence-electron chi connectivity index (χ2n) is 6.44. The van der Waals surface area contributed by atoms with E-state index < -0.39 is 0 Å². The lowest BCUT2D eigenvalue weighted by Crippen LogP contribution is -2.41. The fraction of sp³-hybridized carbons (Fsp3) is 0.389. The first-order valence-corrected chi connectivity index (χ1v) is 9.36. The number of nitrogens with one attached hydrogen (secondary N) is 1. The summed E-state index contributed by atoms with van der Waals surface area (Å²) in [5.74, 6) is 1.21. The quantitative estimate of drug-likeness (QED) is 0.895. The molecule has 2 aliphatic heterocycles. The number of benzene rings is 1. The summed E-state index contributed by atoms with van der Waals surface area (Å²) >= 11 is 1.29. The van der Waals surface area contributed by atoms with E-state index in [1.165, 1.54) is 11.5 Å². The van der Waals surface area contributed by atoms with Gasteiger partial charge in [0.15, 0.2) is 11.5 Å². The molecule has 2 aromatic rings. The number of fused-ring (bicyclic) bond motifs is 1. The highest BCUT2D eigenvalue weighted by Gasteiger charge is 2.29. The summed E-state index contributed by atoms with van der Waals surface area (Å²) in [6, 6.07) is 5.36. The van der Waals surface area contributed by atoms with Gasteiger partial charge in [-0.3, -0.25) is 9.59 Å². The maximum absolute atomic E-state index is 12.5. The molecule has 0 unspecified atom stereocenters. The summed E-state index contributed by atoms with van der Waals surface area (Å²) in [4.78, 5) is 26.9. The third-order valence-electron chi connectivity index (χ3n) is 4.77. The van der Waals surface area contributed by atoms with Crippen molar-refractivity contribution < 1.29 is 19.1 Å². The lowest BCUT2D eigenvalue weighted by molar-refractivity contribution is -0.121. The van der Waals surface area contributed by atoms with Gasteiger partial charge in [-0.05, 0) is 43.4 Å². The van der Waals surface area contributed by atoms with Crippen LogP contribution in [0.5, 0.6) is 11.5 Å². The summed E-state index contributed by atoms with van der Waals surface area (Å²) in [7, 11) is 0. The van der Waals surface area contributed by atoms with Crippen molar-refractivity contribution in [3.8, 4) is 11.5 Å². The zero-order valence-corrected chi connectivity index (χ0v) is 15.2. The minimum Gasteiger partial charge on any atom is -0.454 e. The molecule has 0 bridgehead atoms. The molecular weight excluding hydrogens is 354 g/mol. The molecule has 0 aliphatic carbocycles. The molecular formula is C18H19N3O4S. The van der Waals surface area contributed by atoms with E-state index in [0.717, 1.165) is 5.69 Å². The van der Waals surface area contributed by atoms with E-state index in [1.807, 2.05) is 6.92 Å². The minimum absolute atomic E-state index is 0.00544. The van der Waals surface area contributed by atoms with Crippen LogP contribution in [0, 0.1) is 12.8 Å². The van der Waals surface area contributed by atoms with Crippen molar-refractivity contribution >= 4 is 29.0 Å². The van der Waals surface area contributed by atoms with Crippen molar-refractivity contribution in [2.24, 2.45) is 5.92 Å². The number of anilines is 1. The number of piperidine rings is 1. The molecule has 4 rings (SSSR count). The van der Waals surface area contributed by atoms with Crippen molar-refractivity contribution in [2.45, 2.75) is 19.8 Å². The highest BCUT2D eigenvalue weighted by atomic mass is 32.1. The molecule has 26 heavy (non-hydrogen) atoms. The number of nitrogens with zero attached hydrogens (tertiary/aromatic N) is 2. The summed E-state index contributed by atoms with van der Waals surface area (Å²) in [5.41, 5.74) is 2.12. The first-order valence-electron chi connectivity index (χ1n) is 8.52. The van der Waals surface area contributed by atoms with Crippen LogP contribution in [-0.2, 0) is 4.79 Å². The van der Waals surface area contributed by atoms with Gasteiger partial charge in [0.25, 0.3) is 5.91 Å². The van der Waals surface area contributed by atoms with Crippen LogP contribution < -0.4 is 14.8 Å². The number of carbonyl (C=O) groups is 2. The van der Waals surface area contributed by atoms with Crippen LogP contribution in [0.1, 0.15) is 28.9 Å². The van der Waals surface area contributed by atoms with Crippen LogP contribution in [0.4, 0.5) is 5.69 Å². The Morgan fingerprint density at radius 3 is 2.73 bits per heavy atom. The predicted molar refractivity (Wildman–Crippen MR) is 96.7 cm³/mol. The lowest BCUT2D eigenvalue weighted by atomic mass is 9.95. The minimum atomic E-state index is -0.105. The Hall–Kier alpha value is -2.61. The van der Waals surface area contributed by atoms with E-state index in [2.05, 4.69) is 9.69 Å². The Labute approximate surface area is 155 Å². The van der Waals surface area contributed by atoms with Crippen molar-refractivity contribution in [3.05, 3.63) is 34.8 Å². The molecule has 2 aliphatic rings. The molecule has 2 amide bonds. The van der Waals surface area contributed by atoms with Crippen LogP contribution >= 0.6 is 11.5 Å². The predicted octanol–water partition coefficient (Wildman–Crippen LogP) is 2.67. The van der Waals surface area contributed by atoms with Crippen molar-refractivity contribution in [2.75, 3.05) is 25.2 Å². The van der Waals surface area contributed by atoms with Crippen LogP contribution in [0.15, 0.2) is 23.6 Å². The fourth-order valence-corrected chi connectivity index (χ4v) is 3.92. The Balaban J connectivity index is 1.33. The van der Waals surface area contributed by atoms with E-state index >= 15 is 0 Å². The molecule has 7 nitrogen and oxygen atoms in total. The Morgan fingerprint density at radius 2 is 2.00 bits per heavy atom. The number of aryl methyl sites for hydroxylation is 1. The molecule has 3 heterocycles. The van der Waals surface area contributed by atoms with Gasteiger partial charge < -0.3 is 19.7 Å². The number of amides is 2. The number of hydrogen-bond donors (Lipinski definition) is 1. The van der Waals surface area contributed by atoms with Gasteiger partial charge in [-0.2, -0.15) is 4.37 Å². The van der Waals surface area contributed by atoms with Gasteiger partial charge in [0, 0.05) is 36.1 Å². The SMILES string of the molecule is Cc1nscc1C(=O)N1CCC(C(=O)Nc2ccc3c(c2)OCO3)CC1. The third kappa shape index (κ3) is 3.24. The zero-order valence-electron chi connectivity index (χ0n) is 14.4. The monoisotopic (exact) mass is 373 g/mol. The van der Waals surface area contributed by atoms with Gasteiger partial charge in [0.05, 0.1) is 11.3 Å². The number of carbonyl (C=O) groups excluding carboxylic acids is 2. The Kier molecular flexibility index (Phi) is 4.50. The first-order chi connectivity index (χ1) is 12.6. The van der Waals surface area contributed by atoms with Gasteiger partial charge in [-0.25, -0.2) is 0 Å².